The maximum Gasteiger partial charge on any atom is 0.258 e. The van der Waals surface area contributed by atoms with Crippen molar-refractivity contribution in [2.24, 2.45) is 0 Å². The smallest absolute Gasteiger partial charge is 0.258 e. The SMILES string of the molecule is Nc1nc2ccc(-c3nc(-c4ccc5ncccc5c4)no3)cc2[nH]1. The summed E-state index contributed by atoms with van der Waals surface area (Å²) in [4.78, 5) is 16.0. The molecule has 0 unspecified atom stereocenters. The number of rotatable bonds is 2. The van der Waals surface area contributed by atoms with Gasteiger partial charge in [-0.05, 0) is 42.5 Å². The van der Waals surface area contributed by atoms with E-state index >= 15 is 0 Å². The van der Waals surface area contributed by atoms with E-state index in [4.69, 9.17) is 10.3 Å². The molecule has 5 aromatic rings. The van der Waals surface area contributed by atoms with Crippen molar-refractivity contribution in [3.63, 3.8) is 0 Å². The van der Waals surface area contributed by atoms with Gasteiger partial charge in [-0.15, -0.1) is 0 Å². The third kappa shape index (κ3) is 2.29. The summed E-state index contributed by atoms with van der Waals surface area (Å²) >= 11 is 0. The van der Waals surface area contributed by atoms with Crippen LogP contribution in [0.4, 0.5) is 5.95 Å². The predicted octanol–water partition coefficient (Wildman–Crippen LogP) is 3.41. The maximum absolute atomic E-state index is 5.68. The molecule has 0 aliphatic heterocycles. The number of hydrogen-bond donors (Lipinski definition) is 2. The van der Waals surface area contributed by atoms with Crippen molar-refractivity contribution >= 4 is 27.9 Å². The van der Waals surface area contributed by atoms with Gasteiger partial charge in [-0.3, -0.25) is 4.98 Å². The lowest BCUT2D eigenvalue weighted by Gasteiger charge is -1.98. The Hall–Kier alpha value is -3.74. The number of aromatic amines is 1. The highest BCUT2D eigenvalue weighted by Gasteiger charge is 2.12. The van der Waals surface area contributed by atoms with Crippen LogP contribution >= 0.6 is 0 Å². The van der Waals surface area contributed by atoms with Crippen molar-refractivity contribution in [1.82, 2.24) is 25.1 Å². The summed E-state index contributed by atoms with van der Waals surface area (Å²) in [6.07, 6.45) is 1.77. The van der Waals surface area contributed by atoms with E-state index in [1.165, 1.54) is 0 Å². The lowest BCUT2D eigenvalue weighted by Crippen LogP contribution is -1.84. The first-order valence-electron chi connectivity index (χ1n) is 7.71. The molecule has 3 aromatic heterocycles. The average Bonchev–Trinajstić information content (AvgIpc) is 3.26. The summed E-state index contributed by atoms with van der Waals surface area (Å²) < 4.78 is 5.43. The van der Waals surface area contributed by atoms with Gasteiger partial charge in [-0.2, -0.15) is 4.98 Å². The molecule has 3 heterocycles. The van der Waals surface area contributed by atoms with Crippen LogP contribution in [-0.2, 0) is 0 Å². The summed E-state index contributed by atoms with van der Waals surface area (Å²) in [5.41, 5.74) is 9.91. The number of aromatic nitrogens is 5. The number of anilines is 1. The molecule has 0 saturated heterocycles. The number of nitrogens with one attached hydrogen (secondary N) is 1. The number of fused-ring (bicyclic) bond motifs is 2. The van der Waals surface area contributed by atoms with Crippen molar-refractivity contribution < 1.29 is 4.52 Å². The summed E-state index contributed by atoms with van der Waals surface area (Å²) in [5, 5.41) is 5.13. The first-order chi connectivity index (χ1) is 12.3. The molecule has 0 aliphatic rings. The van der Waals surface area contributed by atoms with Gasteiger partial charge in [0.15, 0.2) is 5.95 Å². The average molecular weight is 328 g/mol. The van der Waals surface area contributed by atoms with Crippen LogP contribution in [0.5, 0.6) is 0 Å². The van der Waals surface area contributed by atoms with E-state index in [0.29, 0.717) is 17.7 Å². The van der Waals surface area contributed by atoms with Crippen LogP contribution in [0.25, 0.3) is 44.8 Å². The highest BCUT2D eigenvalue weighted by atomic mass is 16.5. The van der Waals surface area contributed by atoms with E-state index < -0.39 is 0 Å². The minimum absolute atomic E-state index is 0.378. The topological polar surface area (TPSA) is 107 Å². The van der Waals surface area contributed by atoms with Crippen LogP contribution in [0.1, 0.15) is 0 Å². The molecule has 0 atom stereocenters. The summed E-state index contributed by atoms with van der Waals surface area (Å²) in [6, 6.07) is 15.4. The summed E-state index contributed by atoms with van der Waals surface area (Å²) in [7, 11) is 0. The molecule has 7 nitrogen and oxygen atoms in total. The fourth-order valence-corrected chi connectivity index (χ4v) is 2.84. The van der Waals surface area contributed by atoms with E-state index in [0.717, 1.165) is 33.1 Å². The minimum atomic E-state index is 0.378. The fraction of sp³-hybridized carbons (Fsp3) is 0. The van der Waals surface area contributed by atoms with Gasteiger partial charge >= 0.3 is 0 Å². The molecule has 0 saturated carbocycles. The lowest BCUT2D eigenvalue weighted by atomic mass is 10.1. The van der Waals surface area contributed by atoms with Crippen LogP contribution < -0.4 is 5.73 Å². The van der Waals surface area contributed by atoms with E-state index in [9.17, 15) is 0 Å². The first kappa shape index (κ1) is 13.7. The second-order valence-electron chi connectivity index (χ2n) is 5.69. The zero-order chi connectivity index (χ0) is 16.8. The number of imidazole rings is 1. The maximum atomic E-state index is 5.68. The van der Waals surface area contributed by atoms with E-state index in [1.54, 1.807) is 6.20 Å². The van der Waals surface area contributed by atoms with Gasteiger partial charge in [0.2, 0.25) is 5.82 Å². The Balaban J connectivity index is 1.56. The third-order valence-corrected chi connectivity index (χ3v) is 4.03. The molecule has 5 rings (SSSR count). The van der Waals surface area contributed by atoms with Crippen LogP contribution in [0.15, 0.2) is 59.3 Å². The van der Waals surface area contributed by atoms with Crippen LogP contribution in [-0.4, -0.2) is 25.1 Å². The second-order valence-corrected chi connectivity index (χ2v) is 5.69. The Labute approximate surface area is 141 Å². The van der Waals surface area contributed by atoms with Crippen LogP contribution in [0.3, 0.4) is 0 Å². The molecular formula is C18H12N6O. The van der Waals surface area contributed by atoms with Crippen molar-refractivity contribution in [3.8, 4) is 22.8 Å². The van der Waals surface area contributed by atoms with Gasteiger partial charge < -0.3 is 15.2 Å². The summed E-state index contributed by atoms with van der Waals surface area (Å²) in [5.74, 6) is 1.35. The quantitative estimate of drug-likeness (QED) is 0.514. The van der Waals surface area contributed by atoms with Crippen molar-refractivity contribution in [3.05, 3.63) is 54.7 Å². The monoisotopic (exact) mass is 328 g/mol. The minimum Gasteiger partial charge on any atom is -0.369 e. The number of nitrogens with zero attached hydrogens (tertiary/aromatic N) is 4. The number of H-pyrrole nitrogens is 1. The largest absolute Gasteiger partial charge is 0.369 e. The molecule has 0 radical (unpaired) electrons. The summed E-state index contributed by atoms with van der Waals surface area (Å²) in [6.45, 7) is 0. The van der Waals surface area contributed by atoms with Gasteiger partial charge in [0.25, 0.3) is 5.89 Å². The highest BCUT2D eigenvalue weighted by Crippen LogP contribution is 2.26. The molecule has 3 N–H and O–H groups in total. The molecule has 0 aliphatic carbocycles. The normalized spacial score (nSPS) is 11.4. The number of nitrogens with two attached hydrogens (primary N) is 1. The molecule has 2 aromatic carbocycles. The highest BCUT2D eigenvalue weighted by molar-refractivity contribution is 5.84. The molecule has 25 heavy (non-hydrogen) atoms. The first-order valence-corrected chi connectivity index (χ1v) is 7.71. The van der Waals surface area contributed by atoms with Gasteiger partial charge in [0.05, 0.1) is 16.6 Å². The number of pyridine rings is 1. The Kier molecular flexibility index (Phi) is 2.81. The molecule has 0 fully saturated rings. The Bertz CT molecular complexity index is 1220. The molecule has 0 bridgehead atoms. The third-order valence-electron chi connectivity index (χ3n) is 4.03. The lowest BCUT2D eigenvalue weighted by molar-refractivity contribution is 0.432. The van der Waals surface area contributed by atoms with Gasteiger partial charge in [0, 0.05) is 22.7 Å². The van der Waals surface area contributed by atoms with Crippen molar-refractivity contribution in [1.29, 1.82) is 0 Å². The molecule has 0 spiro atoms. The number of benzene rings is 2. The molecular weight excluding hydrogens is 316 g/mol. The predicted molar refractivity (Wildman–Crippen MR) is 94.5 cm³/mol. The number of nitrogen functional groups attached to an aromatic ring is 1. The van der Waals surface area contributed by atoms with Gasteiger partial charge in [-0.25, -0.2) is 4.98 Å². The Morgan fingerprint density at radius 1 is 0.920 bits per heavy atom. The fourth-order valence-electron chi connectivity index (χ4n) is 2.84. The van der Waals surface area contributed by atoms with Crippen molar-refractivity contribution in [2.45, 2.75) is 0 Å². The number of hydrogen-bond acceptors (Lipinski definition) is 6. The Morgan fingerprint density at radius 2 is 1.80 bits per heavy atom. The zero-order valence-electron chi connectivity index (χ0n) is 13.0. The molecule has 7 heteroatoms. The molecule has 0 amide bonds. The van der Waals surface area contributed by atoms with Crippen LogP contribution in [0, 0.1) is 0 Å². The van der Waals surface area contributed by atoms with E-state index in [1.807, 2.05) is 48.5 Å². The van der Waals surface area contributed by atoms with E-state index in [-0.39, 0.29) is 0 Å². The Morgan fingerprint density at radius 3 is 2.76 bits per heavy atom. The standard InChI is InChI=1S/C18H12N6O/c19-18-21-14-6-4-12(9-15(14)22-18)17-23-16(24-25-17)11-3-5-13-10(8-11)2-1-7-20-13/h1-9H,(H3,19,21,22). The van der Waals surface area contributed by atoms with Gasteiger partial charge in [-0.1, -0.05) is 11.2 Å². The zero-order valence-corrected chi connectivity index (χ0v) is 13.0. The van der Waals surface area contributed by atoms with Crippen LogP contribution in [0.2, 0.25) is 0 Å². The van der Waals surface area contributed by atoms with E-state index in [2.05, 4.69) is 25.1 Å². The van der Waals surface area contributed by atoms with Gasteiger partial charge in [0.1, 0.15) is 0 Å². The van der Waals surface area contributed by atoms with Crippen molar-refractivity contribution in [2.75, 3.05) is 5.73 Å². The molecule has 120 valence electrons. The second kappa shape index (κ2) is 5.13.